The van der Waals surface area contributed by atoms with Crippen LogP contribution in [0.15, 0.2) is 48.7 Å². The molecule has 1 fully saturated rings. The maximum absolute atomic E-state index is 12.4. The number of aliphatic hydroxyl groups is 1. The summed E-state index contributed by atoms with van der Waals surface area (Å²) < 4.78 is 5.40. The van der Waals surface area contributed by atoms with Gasteiger partial charge in [-0.05, 0) is 35.2 Å². The Balaban J connectivity index is 1.69. The average molecular weight is 412 g/mol. The number of hydrogen-bond acceptors (Lipinski definition) is 5. The van der Waals surface area contributed by atoms with Crippen molar-refractivity contribution < 1.29 is 19.4 Å². The normalized spacial score (nSPS) is 18.2. The molecule has 160 valence electrons. The number of anilines is 1. The fourth-order valence-electron chi connectivity index (χ4n) is 3.43. The van der Waals surface area contributed by atoms with Crippen LogP contribution in [0.4, 0.5) is 5.69 Å². The molecule has 2 N–H and O–H groups in total. The molecule has 3 rings (SSSR count). The first kappa shape index (κ1) is 21.9. The van der Waals surface area contributed by atoms with Gasteiger partial charge in [-0.15, -0.1) is 0 Å². The molecule has 2 aromatic rings. The van der Waals surface area contributed by atoms with Crippen LogP contribution >= 0.6 is 0 Å². The number of benzene rings is 1. The Morgan fingerprint density at radius 2 is 2.00 bits per heavy atom. The Morgan fingerprint density at radius 3 is 2.63 bits per heavy atom. The molecule has 1 aromatic heterocycles. The Hall–Kier alpha value is -2.77. The minimum absolute atomic E-state index is 0.00516. The van der Waals surface area contributed by atoms with E-state index in [4.69, 9.17) is 4.74 Å². The summed E-state index contributed by atoms with van der Waals surface area (Å²) in [7, 11) is 0. The first-order chi connectivity index (χ1) is 14.2. The highest BCUT2D eigenvalue weighted by atomic mass is 16.5. The Labute approximate surface area is 177 Å². The minimum atomic E-state index is -0.919. The maximum Gasteiger partial charge on any atom is 0.249 e. The highest BCUT2D eigenvalue weighted by Crippen LogP contribution is 2.27. The number of rotatable bonds is 6. The third-order valence-electron chi connectivity index (χ3n) is 4.88. The predicted molar refractivity (Wildman–Crippen MR) is 113 cm³/mol. The molecule has 7 heteroatoms. The van der Waals surface area contributed by atoms with Gasteiger partial charge in [0.2, 0.25) is 11.8 Å². The lowest BCUT2D eigenvalue weighted by atomic mass is 9.92. The molecule has 2 heterocycles. The van der Waals surface area contributed by atoms with Crippen LogP contribution in [0.25, 0.3) is 0 Å². The second-order valence-corrected chi connectivity index (χ2v) is 8.78. The van der Waals surface area contributed by atoms with Crippen molar-refractivity contribution in [3.8, 4) is 0 Å². The zero-order chi connectivity index (χ0) is 21.7. The Kier molecular flexibility index (Phi) is 6.84. The molecule has 0 unspecified atom stereocenters. The summed E-state index contributed by atoms with van der Waals surface area (Å²) >= 11 is 0. The number of nitrogens with zero attached hydrogens (tertiary/aromatic N) is 2. The standard InChI is InChI=1S/C23H29N3O4/c1-23(2,3)12-20(27)25-17-9-7-16(8-10-17)22(29)19-14-30-15-21(28)26(19)13-18-6-4-5-11-24-18/h4-11,19,22,29H,12-15H2,1-3H3,(H,25,27)/t19-,22-/m1/s1. The summed E-state index contributed by atoms with van der Waals surface area (Å²) in [4.78, 5) is 30.5. The van der Waals surface area contributed by atoms with Gasteiger partial charge in [0.25, 0.3) is 0 Å². The molecular weight excluding hydrogens is 382 g/mol. The summed E-state index contributed by atoms with van der Waals surface area (Å²) in [6, 6.07) is 12.0. The van der Waals surface area contributed by atoms with E-state index < -0.39 is 12.1 Å². The number of aromatic nitrogens is 1. The summed E-state index contributed by atoms with van der Waals surface area (Å²) in [6.07, 6.45) is 1.18. The van der Waals surface area contributed by atoms with E-state index in [0.29, 0.717) is 24.2 Å². The molecule has 2 amide bonds. The molecule has 1 aliphatic heterocycles. The fraction of sp³-hybridized carbons (Fsp3) is 0.435. The van der Waals surface area contributed by atoms with Gasteiger partial charge < -0.3 is 20.1 Å². The largest absolute Gasteiger partial charge is 0.386 e. The first-order valence-electron chi connectivity index (χ1n) is 10.1. The lowest BCUT2D eigenvalue weighted by molar-refractivity contribution is -0.155. The number of pyridine rings is 1. The smallest absolute Gasteiger partial charge is 0.249 e. The average Bonchev–Trinajstić information content (AvgIpc) is 2.69. The van der Waals surface area contributed by atoms with E-state index in [1.807, 2.05) is 39.0 Å². The highest BCUT2D eigenvalue weighted by molar-refractivity contribution is 5.91. The monoisotopic (exact) mass is 411 g/mol. The van der Waals surface area contributed by atoms with Crippen molar-refractivity contribution in [1.82, 2.24) is 9.88 Å². The topological polar surface area (TPSA) is 91.8 Å². The quantitative estimate of drug-likeness (QED) is 0.763. The van der Waals surface area contributed by atoms with Gasteiger partial charge in [0.1, 0.15) is 12.7 Å². The van der Waals surface area contributed by atoms with Crippen molar-refractivity contribution in [2.45, 2.75) is 45.9 Å². The molecule has 1 aliphatic rings. The number of ether oxygens (including phenoxy) is 1. The van der Waals surface area contributed by atoms with E-state index in [1.54, 1.807) is 35.4 Å². The summed E-state index contributed by atoms with van der Waals surface area (Å²) in [5.41, 5.74) is 1.98. The van der Waals surface area contributed by atoms with Crippen molar-refractivity contribution in [3.63, 3.8) is 0 Å². The molecule has 1 aromatic carbocycles. The van der Waals surface area contributed by atoms with Crippen LogP contribution < -0.4 is 5.32 Å². The zero-order valence-corrected chi connectivity index (χ0v) is 17.7. The SMILES string of the molecule is CC(C)(C)CC(=O)Nc1ccc([C@@H](O)[C@H]2COCC(=O)N2Cc2ccccn2)cc1. The summed E-state index contributed by atoms with van der Waals surface area (Å²) in [5, 5.41) is 13.8. The molecule has 30 heavy (non-hydrogen) atoms. The van der Waals surface area contributed by atoms with E-state index in [-0.39, 0.29) is 30.4 Å². The van der Waals surface area contributed by atoms with Crippen LogP contribution in [0.1, 0.15) is 44.6 Å². The lowest BCUT2D eigenvalue weighted by Gasteiger charge is -2.38. The molecule has 0 saturated carbocycles. The van der Waals surface area contributed by atoms with Gasteiger partial charge >= 0.3 is 0 Å². The third-order valence-corrected chi connectivity index (χ3v) is 4.88. The molecular formula is C23H29N3O4. The van der Waals surface area contributed by atoms with E-state index >= 15 is 0 Å². The van der Waals surface area contributed by atoms with E-state index in [2.05, 4.69) is 10.3 Å². The van der Waals surface area contributed by atoms with Crippen molar-refractivity contribution in [3.05, 3.63) is 59.9 Å². The van der Waals surface area contributed by atoms with Crippen molar-refractivity contribution >= 4 is 17.5 Å². The number of carbonyl (C=O) groups is 2. The maximum atomic E-state index is 12.4. The van der Waals surface area contributed by atoms with E-state index in [9.17, 15) is 14.7 Å². The second-order valence-electron chi connectivity index (χ2n) is 8.78. The molecule has 2 atom stereocenters. The van der Waals surface area contributed by atoms with Crippen LogP contribution in [0.2, 0.25) is 0 Å². The highest BCUT2D eigenvalue weighted by Gasteiger charge is 2.34. The summed E-state index contributed by atoms with van der Waals surface area (Å²) in [5.74, 6) is -0.231. The number of hydrogen-bond donors (Lipinski definition) is 2. The molecule has 0 bridgehead atoms. The number of amides is 2. The number of aliphatic hydroxyl groups excluding tert-OH is 1. The lowest BCUT2D eigenvalue weighted by Crippen LogP contribution is -2.51. The number of morpholine rings is 1. The van der Waals surface area contributed by atoms with Crippen molar-refractivity contribution in [1.29, 1.82) is 0 Å². The van der Waals surface area contributed by atoms with E-state index in [1.165, 1.54) is 0 Å². The van der Waals surface area contributed by atoms with Crippen LogP contribution in [-0.4, -0.2) is 46.1 Å². The van der Waals surface area contributed by atoms with Gasteiger partial charge in [0.05, 0.1) is 24.9 Å². The number of carbonyl (C=O) groups excluding carboxylic acids is 2. The van der Waals surface area contributed by atoms with Crippen molar-refractivity contribution in [2.75, 3.05) is 18.5 Å². The molecule has 7 nitrogen and oxygen atoms in total. The van der Waals surface area contributed by atoms with Crippen LogP contribution in [-0.2, 0) is 20.9 Å². The van der Waals surface area contributed by atoms with Crippen LogP contribution in [0.3, 0.4) is 0 Å². The predicted octanol–water partition coefficient (Wildman–Crippen LogP) is 2.92. The van der Waals surface area contributed by atoms with Gasteiger partial charge in [-0.25, -0.2) is 0 Å². The van der Waals surface area contributed by atoms with Crippen molar-refractivity contribution in [2.24, 2.45) is 5.41 Å². The van der Waals surface area contributed by atoms with Gasteiger partial charge in [-0.3, -0.25) is 14.6 Å². The Bertz CT molecular complexity index is 862. The molecule has 0 aliphatic carbocycles. The minimum Gasteiger partial charge on any atom is -0.386 e. The van der Waals surface area contributed by atoms with Gasteiger partial charge in [0.15, 0.2) is 0 Å². The number of nitrogens with one attached hydrogen (secondary N) is 1. The molecule has 0 radical (unpaired) electrons. The summed E-state index contributed by atoms with van der Waals surface area (Å²) in [6.45, 7) is 6.58. The Morgan fingerprint density at radius 1 is 1.27 bits per heavy atom. The first-order valence-corrected chi connectivity index (χ1v) is 10.1. The van der Waals surface area contributed by atoms with Gasteiger partial charge in [-0.2, -0.15) is 0 Å². The fourth-order valence-corrected chi connectivity index (χ4v) is 3.43. The zero-order valence-electron chi connectivity index (χ0n) is 17.7. The molecule has 1 saturated heterocycles. The van der Waals surface area contributed by atoms with Crippen LogP contribution in [0, 0.1) is 5.41 Å². The molecule has 0 spiro atoms. The third kappa shape index (κ3) is 5.87. The van der Waals surface area contributed by atoms with Gasteiger partial charge in [-0.1, -0.05) is 39.0 Å². The van der Waals surface area contributed by atoms with E-state index in [0.717, 1.165) is 5.69 Å². The van der Waals surface area contributed by atoms with Gasteiger partial charge in [0, 0.05) is 18.3 Å². The second kappa shape index (κ2) is 9.36. The van der Waals surface area contributed by atoms with Crippen LogP contribution in [0.5, 0.6) is 0 Å².